The lowest BCUT2D eigenvalue weighted by molar-refractivity contribution is -0.117. The third kappa shape index (κ3) is 2.48. The third-order valence-corrected chi connectivity index (χ3v) is 2.49. The van der Waals surface area contributed by atoms with E-state index in [4.69, 9.17) is 16.3 Å². The standard InChI is InChI=1S/C11H13ClO2/c1-7-5-4-6-10(8(7)2)14-9(3)11(12)13/h4-6,9H,1-3H3/t9-/m0/s1. The lowest BCUT2D eigenvalue weighted by Gasteiger charge is -2.13. The van der Waals surface area contributed by atoms with E-state index in [-0.39, 0.29) is 0 Å². The molecule has 0 N–H and O–H groups in total. The minimum atomic E-state index is -0.600. The van der Waals surface area contributed by atoms with E-state index in [1.807, 2.05) is 32.0 Å². The van der Waals surface area contributed by atoms with Crippen molar-refractivity contribution in [2.24, 2.45) is 0 Å². The van der Waals surface area contributed by atoms with Gasteiger partial charge in [-0.3, -0.25) is 4.79 Å². The molecule has 1 aromatic carbocycles. The van der Waals surface area contributed by atoms with E-state index in [1.54, 1.807) is 6.92 Å². The molecule has 0 heterocycles. The van der Waals surface area contributed by atoms with Crippen LogP contribution in [0, 0.1) is 13.8 Å². The number of benzene rings is 1. The summed E-state index contributed by atoms with van der Waals surface area (Å²) in [5.41, 5.74) is 2.17. The zero-order valence-electron chi connectivity index (χ0n) is 8.50. The second kappa shape index (κ2) is 4.47. The summed E-state index contributed by atoms with van der Waals surface area (Å²) in [7, 11) is 0. The summed E-state index contributed by atoms with van der Waals surface area (Å²) < 4.78 is 5.41. The number of aryl methyl sites for hydroxylation is 1. The third-order valence-electron chi connectivity index (χ3n) is 2.18. The summed E-state index contributed by atoms with van der Waals surface area (Å²) >= 11 is 5.31. The van der Waals surface area contributed by atoms with Crippen LogP contribution in [0.25, 0.3) is 0 Å². The number of halogens is 1. The van der Waals surface area contributed by atoms with Crippen molar-refractivity contribution in [3.63, 3.8) is 0 Å². The molecule has 2 nitrogen and oxygen atoms in total. The average Bonchev–Trinajstić information content (AvgIpc) is 2.12. The predicted octanol–water partition coefficient (Wildman–Crippen LogP) is 2.84. The number of hydrogen-bond acceptors (Lipinski definition) is 2. The van der Waals surface area contributed by atoms with Gasteiger partial charge in [-0.2, -0.15) is 0 Å². The summed E-state index contributed by atoms with van der Waals surface area (Å²) in [6.07, 6.45) is -0.600. The van der Waals surface area contributed by atoms with Crippen LogP contribution in [0.5, 0.6) is 5.75 Å². The van der Waals surface area contributed by atoms with Crippen LogP contribution in [0.1, 0.15) is 18.1 Å². The molecule has 0 aliphatic heterocycles. The Labute approximate surface area is 88.8 Å². The Morgan fingerprint density at radius 3 is 2.64 bits per heavy atom. The van der Waals surface area contributed by atoms with Gasteiger partial charge in [0.2, 0.25) is 0 Å². The van der Waals surface area contributed by atoms with Gasteiger partial charge in [-0.15, -0.1) is 0 Å². The van der Waals surface area contributed by atoms with Crippen LogP contribution in [0.3, 0.4) is 0 Å². The Morgan fingerprint density at radius 1 is 1.43 bits per heavy atom. The van der Waals surface area contributed by atoms with Gasteiger partial charge in [-0.25, -0.2) is 0 Å². The molecule has 76 valence electrons. The van der Waals surface area contributed by atoms with Crippen LogP contribution in [0.4, 0.5) is 0 Å². The van der Waals surface area contributed by atoms with Crippen LogP contribution in [0.2, 0.25) is 0 Å². The fourth-order valence-electron chi connectivity index (χ4n) is 1.09. The SMILES string of the molecule is Cc1cccc(O[C@@H](C)C(=O)Cl)c1C. The molecule has 0 aromatic heterocycles. The average molecular weight is 213 g/mol. The van der Waals surface area contributed by atoms with Crippen LogP contribution >= 0.6 is 11.6 Å². The van der Waals surface area contributed by atoms with Gasteiger partial charge in [0.25, 0.3) is 5.24 Å². The van der Waals surface area contributed by atoms with Crippen molar-refractivity contribution in [1.82, 2.24) is 0 Å². The van der Waals surface area contributed by atoms with E-state index >= 15 is 0 Å². The van der Waals surface area contributed by atoms with Crippen molar-refractivity contribution in [2.75, 3.05) is 0 Å². The first-order chi connectivity index (χ1) is 6.52. The summed E-state index contributed by atoms with van der Waals surface area (Å²) in [6.45, 7) is 5.59. The van der Waals surface area contributed by atoms with Gasteiger partial charge in [0, 0.05) is 0 Å². The molecule has 3 heteroatoms. The first-order valence-corrected chi connectivity index (χ1v) is 4.82. The summed E-state index contributed by atoms with van der Waals surface area (Å²) in [5, 5.41) is -0.481. The zero-order valence-corrected chi connectivity index (χ0v) is 9.26. The zero-order chi connectivity index (χ0) is 10.7. The maximum atomic E-state index is 10.8. The van der Waals surface area contributed by atoms with Gasteiger partial charge in [-0.1, -0.05) is 12.1 Å². The molecule has 0 fully saturated rings. The number of rotatable bonds is 3. The highest BCUT2D eigenvalue weighted by atomic mass is 35.5. The lowest BCUT2D eigenvalue weighted by atomic mass is 10.1. The fourth-order valence-corrected chi connectivity index (χ4v) is 1.13. The van der Waals surface area contributed by atoms with Gasteiger partial charge >= 0.3 is 0 Å². The van der Waals surface area contributed by atoms with Crippen molar-refractivity contribution in [3.8, 4) is 5.75 Å². The molecule has 0 saturated heterocycles. The summed E-state index contributed by atoms with van der Waals surface area (Å²) in [5.74, 6) is 0.714. The minimum absolute atomic E-state index is 0.481. The second-order valence-corrected chi connectivity index (χ2v) is 3.63. The van der Waals surface area contributed by atoms with Crippen molar-refractivity contribution in [1.29, 1.82) is 0 Å². The van der Waals surface area contributed by atoms with Crippen LogP contribution in [-0.2, 0) is 4.79 Å². The molecule has 0 aliphatic rings. The molecule has 0 saturated carbocycles. The molecule has 0 bridgehead atoms. The van der Waals surface area contributed by atoms with E-state index in [9.17, 15) is 4.79 Å². The Morgan fingerprint density at radius 2 is 2.07 bits per heavy atom. The van der Waals surface area contributed by atoms with Crippen molar-refractivity contribution in [2.45, 2.75) is 26.9 Å². The molecular formula is C11H13ClO2. The minimum Gasteiger partial charge on any atom is -0.481 e. The number of carbonyl (C=O) groups is 1. The Bertz CT molecular complexity index is 347. The highest BCUT2D eigenvalue weighted by Crippen LogP contribution is 2.21. The highest BCUT2D eigenvalue weighted by molar-refractivity contribution is 6.64. The normalized spacial score (nSPS) is 12.3. The Hall–Kier alpha value is -1.02. The van der Waals surface area contributed by atoms with E-state index in [2.05, 4.69) is 0 Å². The van der Waals surface area contributed by atoms with Gasteiger partial charge in [0.1, 0.15) is 5.75 Å². The number of ether oxygens (including phenoxy) is 1. The molecule has 1 rings (SSSR count). The summed E-state index contributed by atoms with van der Waals surface area (Å²) in [4.78, 5) is 10.8. The largest absolute Gasteiger partial charge is 0.481 e. The van der Waals surface area contributed by atoms with E-state index in [0.717, 1.165) is 11.1 Å². The Kier molecular flexibility index (Phi) is 3.53. The maximum absolute atomic E-state index is 10.8. The topological polar surface area (TPSA) is 26.3 Å². The van der Waals surface area contributed by atoms with Crippen molar-refractivity contribution < 1.29 is 9.53 Å². The predicted molar refractivity (Wildman–Crippen MR) is 56.9 cm³/mol. The van der Waals surface area contributed by atoms with Gasteiger partial charge < -0.3 is 4.74 Å². The molecule has 1 atom stereocenters. The number of carbonyl (C=O) groups excluding carboxylic acids is 1. The van der Waals surface area contributed by atoms with Crippen LogP contribution in [0.15, 0.2) is 18.2 Å². The molecular weight excluding hydrogens is 200 g/mol. The number of hydrogen-bond donors (Lipinski definition) is 0. The molecule has 0 spiro atoms. The summed E-state index contributed by atoms with van der Waals surface area (Å²) in [6, 6.07) is 5.72. The van der Waals surface area contributed by atoms with Crippen molar-refractivity contribution >= 4 is 16.8 Å². The van der Waals surface area contributed by atoms with Gasteiger partial charge in [0.05, 0.1) is 0 Å². The lowest BCUT2D eigenvalue weighted by Crippen LogP contribution is -2.19. The maximum Gasteiger partial charge on any atom is 0.262 e. The first kappa shape index (κ1) is 11.1. The second-order valence-electron chi connectivity index (χ2n) is 3.26. The van der Waals surface area contributed by atoms with Gasteiger partial charge in [0.15, 0.2) is 6.10 Å². The molecule has 0 aliphatic carbocycles. The molecule has 0 unspecified atom stereocenters. The van der Waals surface area contributed by atoms with Crippen LogP contribution in [-0.4, -0.2) is 11.3 Å². The molecule has 0 amide bonds. The van der Waals surface area contributed by atoms with E-state index in [1.165, 1.54) is 0 Å². The van der Waals surface area contributed by atoms with Gasteiger partial charge in [-0.05, 0) is 49.6 Å². The molecule has 0 radical (unpaired) electrons. The van der Waals surface area contributed by atoms with Crippen LogP contribution < -0.4 is 4.74 Å². The van der Waals surface area contributed by atoms with E-state index < -0.39 is 11.3 Å². The van der Waals surface area contributed by atoms with Crippen molar-refractivity contribution in [3.05, 3.63) is 29.3 Å². The molecule has 1 aromatic rings. The smallest absolute Gasteiger partial charge is 0.262 e. The molecule has 14 heavy (non-hydrogen) atoms. The first-order valence-electron chi connectivity index (χ1n) is 4.44. The van der Waals surface area contributed by atoms with E-state index in [0.29, 0.717) is 5.75 Å². The Balaban J connectivity index is 2.87. The highest BCUT2D eigenvalue weighted by Gasteiger charge is 2.12. The fraction of sp³-hybridized carbons (Fsp3) is 0.364. The monoisotopic (exact) mass is 212 g/mol. The quantitative estimate of drug-likeness (QED) is 0.721.